The van der Waals surface area contributed by atoms with E-state index in [1.54, 1.807) is 30.3 Å². The number of halogens is 5. The fourth-order valence-electron chi connectivity index (χ4n) is 4.63. The highest BCUT2D eigenvalue weighted by Crippen LogP contribution is 2.45. The molecule has 0 atom stereocenters. The molecule has 1 nitrogen and oxygen atoms in total. The Balaban J connectivity index is 1.90. The maximum absolute atomic E-state index is 15.3. The van der Waals surface area contributed by atoms with Gasteiger partial charge in [-0.2, -0.15) is 0 Å². The molecule has 1 aliphatic carbocycles. The number of ether oxygens (including phenoxy) is 1. The summed E-state index contributed by atoms with van der Waals surface area (Å²) in [6.07, 6.45) is 1.39. The second kappa shape index (κ2) is 10.0. The van der Waals surface area contributed by atoms with Gasteiger partial charge in [0.05, 0.1) is 0 Å². The number of benzene rings is 2. The Hall–Kier alpha value is -2.11. The van der Waals surface area contributed by atoms with Crippen LogP contribution in [0.3, 0.4) is 0 Å². The summed E-state index contributed by atoms with van der Waals surface area (Å²) in [7, 11) is 0. The first-order valence-corrected chi connectivity index (χ1v) is 11.0. The number of hydrogen-bond donors (Lipinski definition) is 0. The lowest BCUT2D eigenvalue weighted by molar-refractivity contribution is -0.276. The van der Waals surface area contributed by atoms with Gasteiger partial charge in [-0.3, -0.25) is 0 Å². The van der Waals surface area contributed by atoms with Gasteiger partial charge in [0.1, 0.15) is 0 Å². The molecule has 2 aromatic rings. The minimum absolute atomic E-state index is 0.132. The van der Waals surface area contributed by atoms with Crippen LogP contribution in [0.1, 0.15) is 70.3 Å². The maximum Gasteiger partial charge on any atom is 0.573 e. The van der Waals surface area contributed by atoms with Crippen molar-refractivity contribution >= 4 is 0 Å². The predicted molar refractivity (Wildman–Crippen MR) is 112 cm³/mol. The molecule has 1 saturated carbocycles. The average Bonchev–Trinajstić information content (AvgIpc) is 2.71. The minimum atomic E-state index is -5.17. The van der Waals surface area contributed by atoms with Crippen LogP contribution in [0, 0.1) is 23.5 Å². The van der Waals surface area contributed by atoms with Crippen LogP contribution in [-0.2, 0) is 0 Å². The van der Waals surface area contributed by atoms with Crippen molar-refractivity contribution in [2.75, 3.05) is 0 Å². The Morgan fingerprint density at radius 3 is 2.23 bits per heavy atom. The quantitative estimate of drug-likeness (QED) is 0.392. The highest BCUT2D eigenvalue weighted by molar-refractivity contribution is 5.70. The van der Waals surface area contributed by atoms with E-state index in [0.29, 0.717) is 35.8 Å². The second-order valence-electron chi connectivity index (χ2n) is 8.92. The summed E-state index contributed by atoms with van der Waals surface area (Å²) >= 11 is 0. The molecule has 0 N–H and O–H groups in total. The van der Waals surface area contributed by atoms with Gasteiger partial charge in [0, 0.05) is 5.56 Å². The van der Waals surface area contributed by atoms with Crippen LogP contribution in [0.15, 0.2) is 36.4 Å². The molecule has 6 heteroatoms. The van der Waals surface area contributed by atoms with Gasteiger partial charge in [-0.1, -0.05) is 63.4 Å². The average molecular weight is 440 g/mol. The first kappa shape index (κ1) is 23.6. The standard InChI is InChI=1S/C25H29F5O/c1-16(2)7-6-8-17-11-13-19(14-12-17)22-20(18-9-4-3-5-10-18)15-21(26)24(23(22)27)31-25(28,29)30/h3-5,9-10,15-17,19H,6-8,11-14H2,1-2H3. The molecule has 3 rings (SSSR count). The van der Waals surface area contributed by atoms with E-state index in [1.165, 1.54) is 6.42 Å². The van der Waals surface area contributed by atoms with Gasteiger partial charge in [-0.05, 0) is 60.6 Å². The van der Waals surface area contributed by atoms with E-state index in [0.717, 1.165) is 31.7 Å². The van der Waals surface area contributed by atoms with Crippen LogP contribution >= 0.6 is 0 Å². The van der Waals surface area contributed by atoms with Crippen LogP contribution in [0.5, 0.6) is 5.75 Å². The molecule has 170 valence electrons. The van der Waals surface area contributed by atoms with Crippen LogP contribution in [0.25, 0.3) is 11.1 Å². The Morgan fingerprint density at radius 2 is 1.65 bits per heavy atom. The Morgan fingerprint density at radius 1 is 1.00 bits per heavy atom. The molecular weight excluding hydrogens is 411 g/mol. The molecule has 0 heterocycles. The van der Waals surface area contributed by atoms with Gasteiger partial charge < -0.3 is 4.74 Å². The van der Waals surface area contributed by atoms with Gasteiger partial charge in [-0.25, -0.2) is 8.78 Å². The molecular formula is C25H29F5O. The molecule has 1 aliphatic rings. The predicted octanol–water partition coefficient (Wildman–Crippen LogP) is 8.63. The molecule has 0 spiro atoms. The monoisotopic (exact) mass is 440 g/mol. The van der Waals surface area contributed by atoms with Crippen molar-refractivity contribution in [3.8, 4) is 16.9 Å². The van der Waals surface area contributed by atoms with E-state index in [2.05, 4.69) is 18.6 Å². The summed E-state index contributed by atoms with van der Waals surface area (Å²) in [6.45, 7) is 4.39. The van der Waals surface area contributed by atoms with Crippen molar-refractivity contribution in [2.24, 2.45) is 11.8 Å². The van der Waals surface area contributed by atoms with Gasteiger partial charge in [0.25, 0.3) is 0 Å². The Kier molecular flexibility index (Phi) is 7.60. The van der Waals surface area contributed by atoms with Crippen molar-refractivity contribution in [1.29, 1.82) is 0 Å². The molecule has 0 unspecified atom stereocenters. The molecule has 0 radical (unpaired) electrons. The largest absolute Gasteiger partial charge is 0.573 e. The van der Waals surface area contributed by atoms with Crippen LogP contribution in [-0.4, -0.2) is 6.36 Å². The van der Waals surface area contributed by atoms with E-state index < -0.39 is 23.7 Å². The van der Waals surface area contributed by atoms with E-state index in [9.17, 15) is 17.6 Å². The molecule has 0 saturated heterocycles. The van der Waals surface area contributed by atoms with Crippen LogP contribution < -0.4 is 4.74 Å². The number of rotatable bonds is 7. The van der Waals surface area contributed by atoms with Gasteiger partial charge in [-0.15, -0.1) is 13.2 Å². The fraction of sp³-hybridized carbons (Fsp3) is 0.520. The highest BCUT2D eigenvalue weighted by Gasteiger charge is 2.37. The lowest BCUT2D eigenvalue weighted by Gasteiger charge is -2.31. The third-order valence-electron chi connectivity index (χ3n) is 6.17. The van der Waals surface area contributed by atoms with E-state index >= 15 is 4.39 Å². The summed E-state index contributed by atoms with van der Waals surface area (Å²) in [5, 5.41) is 0. The Bertz CT molecular complexity index is 852. The van der Waals surface area contributed by atoms with Crippen molar-refractivity contribution in [1.82, 2.24) is 0 Å². The van der Waals surface area contributed by atoms with Crippen LogP contribution in [0.2, 0.25) is 0 Å². The number of alkyl halides is 3. The molecule has 2 aromatic carbocycles. The summed E-state index contributed by atoms with van der Waals surface area (Å²) in [5.74, 6) is -3.01. The first-order valence-electron chi connectivity index (χ1n) is 11.0. The van der Waals surface area contributed by atoms with Gasteiger partial charge >= 0.3 is 6.36 Å². The zero-order valence-corrected chi connectivity index (χ0v) is 17.9. The van der Waals surface area contributed by atoms with E-state index in [-0.39, 0.29) is 11.5 Å². The first-order chi connectivity index (χ1) is 14.7. The topological polar surface area (TPSA) is 9.23 Å². The Labute approximate surface area is 180 Å². The molecule has 0 amide bonds. The SMILES string of the molecule is CC(C)CCCC1CCC(c2c(-c3ccccc3)cc(F)c(OC(F)(F)F)c2F)CC1. The van der Waals surface area contributed by atoms with Gasteiger partial charge in [0.15, 0.2) is 11.6 Å². The summed E-state index contributed by atoms with van der Waals surface area (Å²) in [4.78, 5) is 0. The van der Waals surface area contributed by atoms with E-state index in [1.807, 2.05) is 0 Å². The van der Waals surface area contributed by atoms with Crippen molar-refractivity contribution in [3.05, 3.63) is 53.6 Å². The third kappa shape index (κ3) is 6.20. The van der Waals surface area contributed by atoms with Crippen molar-refractivity contribution < 1.29 is 26.7 Å². The summed E-state index contributed by atoms with van der Waals surface area (Å²) in [6, 6.07) is 9.64. The maximum atomic E-state index is 15.3. The van der Waals surface area contributed by atoms with Gasteiger partial charge in [0.2, 0.25) is 5.75 Å². The summed E-state index contributed by atoms with van der Waals surface area (Å²) < 4.78 is 71.8. The second-order valence-corrected chi connectivity index (χ2v) is 8.92. The molecule has 0 aromatic heterocycles. The molecule has 0 bridgehead atoms. The lowest BCUT2D eigenvalue weighted by Crippen LogP contribution is -2.21. The van der Waals surface area contributed by atoms with Crippen molar-refractivity contribution in [3.63, 3.8) is 0 Å². The zero-order chi connectivity index (χ0) is 22.6. The highest BCUT2D eigenvalue weighted by atomic mass is 19.4. The molecule has 1 fully saturated rings. The number of hydrogen-bond acceptors (Lipinski definition) is 1. The lowest BCUT2D eigenvalue weighted by atomic mass is 9.75. The minimum Gasteiger partial charge on any atom is -0.399 e. The van der Waals surface area contributed by atoms with E-state index in [4.69, 9.17) is 0 Å². The fourth-order valence-corrected chi connectivity index (χ4v) is 4.63. The smallest absolute Gasteiger partial charge is 0.399 e. The zero-order valence-electron chi connectivity index (χ0n) is 17.9. The molecule has 31 heavy (non-hydrogen) atoms. The molecule has 0 aliphatic heterocycles. The van der Waals surface area contributed by atoms with Crippen molar-refractivity contribution in [2.45, 2.75) is 71.1 Å². The summed E-state index contributed by atoms with van der Waals surface area (Å²) in [5.41, 5.74) is 1.01. The normalized spacial score (nSPS) is 19.6. The third-order valence-corrected chi connectivity index (χ3v) is 6.17. The van der Waals surface area contributed by atoms with Crippen LogP contribution in [0.4, 0.5) is 22.0 Å².